The van der Waals surface area contributed by atoms with E-state index in [0.29, 0.717) is 0 Å². The Bertz CT molecular complexity index is 677. The Morgan fingerprint density at radius 1 is 1.00 bits per heavy atom. The van der Waals surface area contributed by atoms with Gasteiger partial charge in [0.15, 0.2) is 5.11 Å². The molecule has 2 aromatic rings. The Morgan fingerprint density at radius 3 is 2.21 bits per heavy atom. The number of piperazine rings is 1. The molecule has 1 aliphatic heterocycles. The summed E-state index contributed by atoms with van der Waals surface area (Å²) in [5.74, 6) is 0. The summed E-state index contributed by atoms with van der Waals surface area (Å²) < 4.78 is 0. The second-order valence-electron chi connectivity index (χ2n) is 5.93. The third-order valence-electron chi connectivity index (χ3n) is 4.37. The van der Waals surface area contributed by atoms with Crippen LogP contribution in [0.25, 0.3) is 0 Å². The molecule has 0 saturated carbocycles. The normalized spacial score (nSPS) is 14.6. The first-order valence-corrected chi connectivity index (χ1v) is 9.09. The van der Waals surface area contributed by atoms with Crippen LogP contribution in [0.2, 0.25) is 5.02 Å². The number of halogens is 1. The Hall–Kier alpha value is -1.78. The van der Waals surface area contributed by atoms with Gasteiger partial charge in [0.25, 0.3) is 0 Å². The zero-order chi connectivity index (χ0) is 16.9. The molecule has 1 aliphatic rings. The highest BCUT2D eigenvalue weighted by atomic mass is 35.5. The van der Waals surface area contributed by atoms with Crippen LogP contribution in [0.5, 0.6) is 0 Å². The van der Waals surface area contributed by atoms with E-state index in [1.165, 1.54) is 11.3 Å². The summed E-state index contributed by atoms with van der Waals surface area (Å²) in [6.07, 6.45) is 1.05. The molecule has 0 aliphatic carbocycles. The monoisotopic (exact) mass is 359 g/mol. The maximum atomic E-state index is 5.96. The van der Waals surface area contributed by atoms with Gasteiger partial charge in [-0.15, -0.1) is 0 Å². The molecule has 0 aromatic heterocycles. The summed E-state index contributed by atoms with van der Waals surface area (Å²) in [5, 5.41) is 4.92. The highest BCUT2D eigenvalue weighted by Crippen LogP contribution is 2.20. The summed E-state index contributed by atoms with van der Waals surface area (Å²) >= 11 is 11.5. The van der Waals surface area contributed by atoms with E-state index in [4.69, 9.17) is 23.8 Å². The maximum Gasteiger partial charge on any atom is 0.173 e. The molecule has 0 spiro atoms. The van der Waals surface area contributed by atoms with Crippen LogP contribution < -0.4 is 10.2 Å². The number of thiocarbonyl (C=S) groups is 1. The van der Waals surface area contributed by atoms with Gasteiger partial charge in [-0.1, -0.05) is 30.7 Å². The zero-order valence-electron chi connectivity index (χ0n) is 13.8. The third kappa shape index (κ3) is 4.19. The Balaban J connectivity index is 1.53. The molecule has 1 fully saturated rings. The van der Waals surface area contributed by atoms with Crippen molar-refractivity contribution >= 4 is 40.3 Å². The fourth-order valence-corrected chi connectivity index (χ4v) is 3.27. The molecule has 0 atom stereocenters. The van der Waals surface area contributed by atoms with Crippen LogP contribution in [0.1, 0.15) is 12.5 Å². The number of aryl methyl sites for hydroxylation is 1. The standard InChI is InChI=1S/C19H22ClN3S/c1-2-15-3-7-17(8-4-15)21-19(24)23-13-11-22(12-14-23)18-9-5-16(20)6-10-18/h3-10H,2,11-14H2,1H3,(H,21,24). The summed E-state index contributed by atoms with van der Waals surface area (Å²) in [6.45, 7) is 5.91. The van der Waals surface area contributed by atoms with E-state index in [0.717, 1.165) is 48.4 Å². The smallest absolute Gasteiger partial charge is 0.173 e. The lowest BCUT2D eigenvalue weighted by Crippen LogP contribution is -2.50. The van der Waals surface area contributed by atoms with Gasteiger partial charge >= 0.3 is 0 Å². The zero-order valence-corrected chi connectivity index (χ0v) is 15.4. The van der Waals surface area contributed by atoms with Crippen LogP contribution in [0.3, 0.4) is 0 Å². The van der Waals surface area contributed by atoms with Crippen molar-refractivity contribution in [3.63, 3.8) is 0 Å². The SMILES string of the molecule is CCc1ccc(NC(=S)N2CCN(c3ccc(Cl)cc3)CC2)cc1. The van der Waals surface area contributed by atoms with E-state index in [1.807, 2.05) is 12.1 Å². The van der Waals surface area contributed by atoms with Gasteiger partial charge < -0.3 is 15.1 Å². The highest BCUT2D eigenvalue weighted by Gasteiger charge is 2.19. The van der Waals surface area contributed by atoms with Crippen LogP contribution in [-0.2, 0) is 6.42 Å². The van der Waals surface area contributed by atoms with Crippen molar-refractivity contribution in [2.75, 3.05) is 36.4 Å². The molecule has 24 heavy (non-hydrogen) atoms. The molecular weight excluding hydrogens is 338 g/mol. The molecule has 3 nitrogen and oxygen atoms in total. The molecule has 1 N–H and O–H groups in total. The minimum absolute atomic E-state index is 0.775. The Morgan fingerprint density at radius 2 is 1.62 bits per heavy atom. The lowest BCUT2D eigenvalue weighted by Gasteiger charge is -2.37. The molecule has 0 radical (unpaired) electrons. The van der Waals surface area contributed by atoms with Crippen molar-refractivity contribution in [1.29, 1.82) is 0 Å². The quantitative estimate of drug-likeness (QED) is 0.817. The number of benzene rings is 2. The summed E-state index contributed by atoms with van der Waals surface area (Å²) in [7, 11) is 0. The number of nitrogens with zero attached hydrogens (tertiary/aromatic N) is 2. The van der Waals surface area contributed by atoms with Crippen LogP contribution in [0.15, 0.2) is 48.5 Å². The summed E-state index contributed by atoms with van der Waals surface area (Å²) in [5.41, 5.74) is 3.61. The Labute approximate surface area is 154 Å². The van der Waals surface area contributed by atoms with Gasteiger partial charge in [-0.3, -0.25) is 0 Å². The van der Waals surface area contributed by atoms with E-state index in [2.05, 4.69) is 58.4 Å². The van der Waals surface area contributed by atoms with Gasteiger partial charge in [-0.05, 0) is 60.6 Å². The first-order valence-electron chi connectivity index (χ1n) is 8.31. The summed E-state index contributed by atoms with van der Waals surface area (Å²) in [4.78, 5) is 4.60. The van der Waals surface area contributed by atoms with Gasteiger partial charge in [0.1, 0.15) is 0 Å². The van der Waals surface area contributed by atoms with E-state index in [1.54, 1.807) is 0 Å². The van der Waals surface area contributed by atoms with Crippen LogP contribution in [0, 0.1) is 0 Å². The highest BCUT2D eigenvalue weighted by molar-refractivity contribution is 7.80. The first-order chi connectivity index (χ1) is 11.7. The summed E-state index contributed by atoms with van der Waals surface area (Å²) in [6, 6.07) is 16.5. The number of anilines is 2. The number of nitrogens with one attached hydrogen (secondary N) is 1. The van der Waals surface area contributed by atoms with E-state index in [-0.39, 0.29) is 0 Å². The second kappa shape index (κ2) is 7.86. The fraction of sp³-hybridized carbons (Fsp3) is 0.316. The van der Waals surface area contributed by atoms with Crippen LogP contribution in [0.4, 0.5) is 11.4 Å². The topological polar surface area (TPSA) is 18.5 Å². The maximum absolute atomic E-state index is 5.96. The predicted molar refractivity (Wildman–Crippen MR) is 107 cm³/mol. The largest absolute Gasteiger partial charge is 0.368 e. The van der Waals surface area contributed by atoms with Crippen molar-refractivity contribution in [3.8, 4) is 0 Å². The first kappa shape index (κ1) is 17.1. The predicted octanol–water partition coefficient (Wildman–Crippen LogP) is 4.42. The van der Waals surface area contributed by atoms with Gasteiger partial charge in [-0.2, -0.15) is 0 Å². The minimum atomic E-state index is 0.775. The van der Waals surface area contributed by atoms with E-state index in [9.17, 15) is 0 Å². The van der Waals surface area contributed by atoms with Crippen molar-refractivity contribution in [2.24, 2.45) is 0 Å². The van der Waals surface area contributed by atoms with E-state index < -0.39 is 0 Å². The molecule has 3 rings (SSSR count). The minimum Gasteiger partial charge on any atom is -0.368 e. The molecule has 5 heteroatoms. The van der Waals surface area contributed by atoms with Gasteiger partial charge in [0.05, 0.1) is 0 Å². The van der Waals surface area contributed by atoms with Crippen LogP contribution in [-0.4, -0.2) is 36.2 Å². The van der Waals surface area contributed by atoms with Crippen molar-refractivity contribution in [1.82, 2.24) is 4.90 Å². The number of hydrogen-bond acceptors (Lipinski definition) is 2. The molecule has 0 amide bonds. The molecule has 126 valence electrons. The van der Waals surface area contributed by atoms with Crippen molar-refractivity contribution < 1.29 is 0 Å². The molecule has 2 aromatic carbocycles. The molecule has 1 heterocycles. The number of rotatable bonds is 3. The molecular formula is C19H22ClN3S. The van der Waals surface area contributed by atoms with E-state index >= 15 is 0 Å². The average Bonchev–Trinajstić information content (AvgIpc) is 2.63. The average molecular weight is 360 g/mol. The van der Waals surface area contributed by atoms with Gasteiger partial charge in [0.2, 0.25) is 0 Å². The van der Waals surface area contributed by atoms with Crippen LogP contribution >= 0.6 is 23.8 Å². The van der Waals surface area contributed by atoms with Crippen molar-refractivity contribution in [2.45, 2.75) is 13.3 Å². The van der Waals surface area contributed by atoms with Gasteiger partial charge in [-0.25, -0.2) is 0 Å². The molecule has 0 unspecified atom stereocenters. The molecule has 1 saturated heterocycles. The fourth-order valence-electron chi connectivity index (χ4n) is 2.85. The van der Waals surface area contributed by atoms with Gasteiger partial charge in [0, 0.05) is 42.6 Å². The lowest BCUT2D eigenvalue weighted by atomic mass is 10.1. The molecule has 0 bridgehead atoms. The second-order valence-corrected chi connectivity index (χ2v) is 6.75. The van der Waals surface area contributed by atoms with Crippen molar-refractivity contribution in [3.05, 3.63) is 59.1 Å². The lowest BCUT2D eigenvalue weighted by molar-refractivity contribution is 0.391. The Kier molecular flexibility index (Phi) is 5.59. The number of hydrogen-bond donors (Lipinski definition) is 1. The third-order valence-corrected chi connectivity index (χ3v) is 4.98.